The molecule has 0 saturated heterocycles. The van der Waals surface area contributed by atoms with Gasteiger partial charge in [-0.25, -0.2) is 0 Å². The smallest absolute Gasteiger partial charge is 0.231 e. The molecule has 0 aliphatic carbocycles. The van der Waals surface area contributed by atoms with Crippen LogP contribution in [0.25, 0.3) is 0 Å². The number of amides is 2. The van der Waals surface area contributed by atoms with Crippen molar-refractivity contribution in [2.75, 3.05) is 23.4 Å². The SMILES string of the molecule is O=C1Cc2ccc(CC(=O)N3CCOc4ccncc43)cc2N1. The van der Waals surface area contributed by atoms with Gasteiger partial charge in [-0.1, -0.05) is 12.1 Å². The molecule has 0 bridgehead atoms. The van der Waals surface area contributed by atoms with E-state index >= 15 is 0 Å². The summed E-state index contributed by atoms with van der Waals surface area (Å²) in [6.45, 7) is 0.988. The summed E-state index contributed by atoms with van der Waals surface area (Å²) in [5.74, 6) is 0.671. The van der Waals surface area contributed by atoms with Gasteiger partial charge in [0.2, 0.25) is 11.8 Å². The average Bonchev–Trinajstić information content (AvgIpc) is 2.93. The van der Waals surface area contributed by atoms with Crippen LogP contribution >= 0.6 is 0 Å². The quantitative estimate of drug-likeness (QED) is 0.913. The molecule has 2 aliphatic heterocycles. The molecular formula is C17H15N3O3. The number of pyridine rings is 1. The van der Waals surface area contributed by atoms with Crippen LogP contribution in [-0.2, 0) is 22.4 Å². The number of benzene rings is 1. The van der Waals surface area contributed by atoms with Crippen LogP contribution in [0.4, 0.5) is 11.4 Å². The molecule has 6 nitrogen and oxygen atoms in total. The van der Waals surface area contributed by atoms with E-state index in [1.807, 2.05) is 18.2 Å². The van der Waals surface area contributed by atoms with E-state index in [1.165, 1.54) is 0 Å². The van der Waals surface area contributed by atoms with Gasteiger partial charge in [0.05, 0.1) is 25.6 Å². The molecule has 1 aromatic carbocycles. The van der Waals surface area contributed by atoms with Gasteiger partial charge in [-0.2, -0.15) is 0 Å². The monoisotopic (exact) mass is 309 g/mol. The van der Waals surface area contributed by atoms with E-state index in [4.69, 9.17) is 4.74 Å². The number of rotatable bonds is 2. The van der Waals surface area contributed by atoms with Crippen molar-refractivity contribution in [2.24, 2.45) is 0 Å². The zero-order chi connectivity index (χ0) is 15.8. The summed E-state index contributed by atoms with van der Waals surface area (Å²) in [6, 6.07) is 7.45. The fourth-order valence-electron chi connectivity index (χ4n) is 2.97. The molecule has 3 heterocycles. The number of carbonyl (C=O) groups excluding carboxylic acids is 2. The maximum Gasteiger partial charge on any atom is 0.231 e. The Labute approximate surface area is 133 Å². The van der Waals surface area contributed by atoms with Crippen LogP contribution in [0.3, 0.4) is 0 Å². The average molecular weight is 309 g/mol. The minimum atomic E-state index is -0.00757. The summed E-state index contributed by atoms with van der Waals surface area (Å²) in [4.78, 5) is 29.8. The van der Waals surface area contributed by atoms with Crippen molar-refractivity contribution in [1.29, 1.82) is 0 Å². The largest absolute Gasteiger partial charge is 0.489 e. The van der Waals surface area contributed by atoms with Gasteiger partial charge < -0.3 is 15.0 Å². The summed E-state index contributed by atoms with van der Waals surface area (Å²) in [5.41, 5.74) is 3.38. The van der Waals surface area contributed by atoms with Crippen LogP contribution < -0.4 is 15.0 Å². The van der Waals surface area contributed by atoms with E-state index < -0.39 is 0 Å². The third-order valence-corrected chi connectivity index (χ3v) is 4.08. The van der Waals surface area contributed by atoms with Gasteiger partial charge in [0.15, 0.2) is 0 Å². The van der Waals surface area contributed by atoms with Crippen molar-refractivity contribution in [1.82, 2.24) is 4.98 Å². The van der Waals surface area contributed by atoms with Crippen LogP contribution in [0, 0.1) is 0 Å². The molecular weight excluding hydrogens is 294 g/mol. The highest BCUT2D eigenvalue weighted by atomic mass is 16.5. The molecule has 1 aromatic heterocycles. The molecule has 0 unspecified atom stereocenters. The molecule has 0 atom stereocenters. The van der Waals surface area contributed by atoms with Crippen LogP contribution in [0.1, 0.15) is 11.1 Å². The third kappa shape index (κ3) is 2.52. The Bertz CT molecular complexity index is 803. The lowest BCUT2D eigenvalue weighted by molar-refractivity contribution is -0.118. The normalized spacial score (nSPS) is 15.5. The van der Waals surface area contributed by atoms with Gasteiger partial charge in [0.1, 0.15) is 18.0 Å². The highest BCUT2D eigenvalue weighted by Gasteiger charge is 2.24. The molecule has 0 saturated carbocycles. The Balaban J connectivity index is 1.55. The lowest BCUT2D eigenvalue weighted by atomic mass is 10.1. The summed E-state index contributed by atoms with van der Waals surface area (Å²) in [6.07, 6.45) is 3.98. The highest BCUT2D eigenvalue weighted by Crippen LogP contribution is 2.31. The first-order valence-electron chi connectivity index (χ1n) is 7.49. The Kier molecular flexibility index (Phi) is 3.22. The second kappa shape index (κ2) is 5.39. The number of nitrogens with zero attached hydrogens (tertiary/aromatic N) is 2. The Hall–Kier alpha value is -2.89. The van der Waals surface area contributed by atoms with Gasteiger partial charge in [-0.05, 0) is 17.2 Å². The predicted octanol–water partition coefficient (Wildman–Crippen LogP) is 1.54. The van der Waals surface area contributed by atoms with Gasteiger partial charge in [-0.3, -0.25) is 14.6 Å². The van der Waals surface area contributed by atoms with E-state index in [0.29, 0.717) is 31.0 Å². The van der Waals surface area contributed by atoms with Gasteiger partial charge in [-0.15, -0.1) is 0 Å². The van der Waals surface area contributed by atoms with Crippen molar-refractivity contribution in [2.45, 2.75) is 12.8 Å². The Morgan fingerprint density at radius 3 is 3.17 bits per heavy atom. The zero-order valence-corrected chi connectivity index (χ0v) is 12.4. The van der Waals surface area contributed by atoms with Crippen molar-refractivity contribution in [3.63, 3.8) is 0 Å². The molecule has 23 heavy (non-hydrogen) atoms. The summed E-state index contributed by atoms with van der Waals surface area (Å²) < 4.78 is 5.54. The number of hydrogen-bond acceptors (Lipinski definition) is 4. The maximum absolute atomic E-state index is 12.7. The van der Waals surface area contributed by atoms with Gasteiger partial charge in [0.25, 0.3) is 0 Å². The first-order chi connectivity index (χ1) is 11.2. The van der Waals surface area contributed by atoms with Crippen LogP contribution in [0.15, 0.2) is 36.7 Å². The van der Waals surface area contributed by atoms with Gasteiger partial charge >= 0.3 is 0 Å². The number of nitrogens with one attached hydrogen (secondary N) is 1. The standard InChI is InChI=1S/C17H15N3O3/c21-16-9-12-2-1-11(7-13(12)19-16)8-17(22)20-5-6-23-15-3-4-18-10-14(15)20/h1-4,7,10H,5-6,8-9H2,(H,19,21). The molecule has 0 radical (unpaired) electrons. The number of anilines is 2. The minimum Gasteiger partial charge on any atom is -0.489 e. The van der Waals surface area contributed by atoms with Gasteiger partial charge in [0, 0.05) is 18.0 Å². The van der Waals surface area contributed by atoms with E-state index in [0.717, 1.165) is 16.8 Å². The number of fused-ring (bicyclic) bond motifs is 2. The lowest BCUT2D eigenvalue weighted by Crippen LogP contribution is -2.38. The molecule has 0 fully saturated rings. The number of ether oxygens (including phenoxy) is 1. The van der Waals surface area contributed by atoms with Crippen molar-refractivity contribution >= 4 is 23.2 Å². The summed E-state index contributed by atoms with van der Waals surface area (Å²) >= 11 is 0. The second-order valence-electron chi connectivity index (χ2n) is 5.63. The first kappa shape index (κ1) is 13.8. The molecule has 4 rings (SSSR count). The minimum absolute atomic E-state index is 0.00309. The zero-order valence-electron chi connectivity index (χ0n) is 12.4. The summed E-state index contributed by atoms with van der Waals surface area (Å²) in [7, 11) is 0. The van der Waals surface area contributed by atoms with Crippen molar-refractivity contribution in [3.05, 3.63) is 47.8 Å². The Morgan fingerprint density at radius 2 is 2.26 bits per heavy atom. The molecule has 1 N–H and O–H groups in total. The van der Waals surface area contributed by atoms with E-state index in [1.54, 1.807) is 23.4 Å². The number of aromatic nitrogens is 1. The van der Waals surface area contributed by atoms with E-state index in [-0.39, 0.29) is 18.2 Å². The highest BCUT2D eigenvalue weighted by molar-refractivity contribution is 6.00. The molecule has 2 aliphatic rings. The molecule has 2 amide bonds. The van der Waals surface area contributed by atoms with E-state index in [9.17, 15) is 9.59 Å². The van der Waals surface area contributed by atoms with Crippen LogP contribution in [0.2, 0.25) is 0 Å². The predicted molar refractivity (Wildman–Crippen MR) is 84.6 cm³/mol. The number of hydrogen-bond donors (Lipinski definition) is 1. The maximum atomic E-state index is 12.7. The molecule has 6 heteroatoms. The fourth-order valence-corrected chi connectivity index (χ4v) is 2.97. The summed E-state index contributed by atoms with van der Waals surface area (Å²) in [5, 5.41) is 2.81. The van der Waals surface area contributed by atoms with Crippen LogP contribution in [0.5, 0.6) is 5.75 Å². The second-order valence-corrected chi connectivity index (χ2v) is 5.63. The van der Waals surface area contributed by atoms with E-state index in [2.05, 4.69) is 10.3 Å². The first-order valence-corrected chi connectivity index (χ1v) is 7.49. The molecule has 0 spiro atoms. The number of carbonyl (C=O) groups is 2. The Morgan fingerprint density at radius 1 is 1.35 bits per heavy atom. The third-order valence-electron chi connectivity index (χ3n) is 4.08. The van der Waals surface area contributed by atoms with Crippen LogP contribution in [-0.4, -0.2) is 29.9 Å². The molecule has 116 valence electrons. The molecule has 2 aromatic rings. The van der Waals surface area contributed by atoms with Crippen molar-refractivity contribution < 1.29 is 14.3 Å². The topological polar surface area (TPSA) is 71.5 Å². The lowest BCUT2D eigenvalue weighted by Gasteiger charge is -2.29. The fraction of sp³-hybridized carbons (Fsp3) is 0.235. The van der Waals surface area contributed by atoms with Crippen molar-refractivity contribution in [3.8, 4) is 5.75 Å².